The number of benzene rings is 2. The molecule has 1 N–H and O–H groups in total. The number of amides is 1. The smallest absolute Gasteiger partial charge is 0.375 e. The molecule has 1 aliphatic carbocycles. The van der Waals surface area contributed by atoms with Crippen molar-refractivity contribution in [3.05, 3.63) is 64.9 Å². The number of para-hydroxylation sites is 1. The fraction of sp³-hybridized carbons (Fsp3) is 0.333. The van der Waals surface area contributed by atoms with E-state index in [4.69, 9.17) is 13.9 Å². The van der Waals surface area contributed by atoms with Crippen LogP contribution in [0.5, 0.6) is 0 Å². The molecule has 2 aromatic carbocycles. The molecule has 0 saturated carbocycles. The van der Waals surface area contributed by atoms with Crippen molar-refractivity contribution in [1.29, 1.82) is 0 Å². The second-order valence-corrected chi connectivity index (χ2v) is 7.73. The maximum atomic E-state index is 12.6. The molecule has 0 aliphatic heterocycles. The number of furan rings is 1. The van der Waals surface area contributed by atoms with Crippen LogP contribution in [0.15, 0.2) is 46.9 Å². The predicted molar refractivity (Wildman–Crippen MR) is 114 cm³/mol. The molecule has 0 radical (unpaired) electrons. The molecule has 6 nitrogen and oxygen atoms in total. The largest absolute Gasteiger partial charge is 0.450 e. The van der Waals surface area contributed by atoms with Crippen molar-refractivity contribution in [2.75, 3.05) is 11.9 Å². The minimum absolute atomic E-state index is 0.000585. The van der Waals surface area contributed by atoms with Crippen LogP contribution in [-0.2, 0) is 33.7 Å². The van der Waals surface area contributed by atoms with Crippen LogP contribution in [0.1, 0.15) is 47.5 Å². The third kappa shape index (κ3) is 4.39. The van der Waals surface area contributed by atoms with E-state index in [9.17, 15) is 9.59 Å². The molecular formula is C24H25NO5. The lowest BCUT2D eigenvalue weighted by Crippen LogP contribution is -2.21. The summed E-state index contributed by atoms with van der Waals surface area (Å²) in [5.74, 6) is -1.00. The number of hydrogen-bond donors (Lipinski definition) is 1. The Morgan fingerprint density at radius 2 is 1.90 bits per heavy atom. The lowest BCUT2D eigenvalue weighted by Gasteiger charge is -2.09. The Balaban J connectivity index is 1.42. The first-order valence-corrected chi connectivity index (χ1v) is 10.2. The van der Waals surface area contributed by atoms with Gasteiger partial charge in [0.25, 0.3) is 5.91 Å². The number of anilines is 1. The van der Waals surface area contributed by atoms with Crippen LogP contribution in [0.2, 0.25) is 0 Å². The quantitative estimate of drug-likeness (QED) is 0.577. The van der Waals surface area contributed by atoms with Gasteiger partial charge in [-0.15, -0.1) is 0 Å². The summed E-state index contributed by atoms with van der Waals surface area (Å²) in [7, 11) is 0. The van der Waals surface area contributed by atoms with Gasteiger partial charge in [0.05, 0.1) is 12.7 Å². The summed E-state index contributed by atoms with van der Waals surface area (Å²) in [6.07, 6.45) is 3.26. The fourth-order valence-corrected chi connectivity index (χ4v) is 3.70. The zero-order chi connectivity index (χ0) is 21.1. The molecule has 0 unspecified atom stereocenters. The molecule has 1 aliphatic rings. The van der Waals surface area contributed by atoms with E-state index in [1.165, 1.54) is 11.1 Å². The Morgan fingerprint density at radius 3 is 2.73 bits per heavy atom. The van der Waals surface area contributed by atoms with E-state index in [2.05, 4.69) is 5.32 Å². The average Bonchev–Trinajstić information content (AvgIpc) is 3.34. The first-order valence-electron chi connectivity index (χ1n) is 10.2. The molecule has 0 spiro atoms. The van der Waals surface area contributed by atoms with Gasteiger partial charge in [0.2, 0.25) is 5.76 Å². The Hall–Kier alpha value is -3.12. The number of carbonyl (C=O) groups is 2. The molecule has 0 atom stereocenters. The van der Waals surface area contributed by atoms with Crippen LogP contribution in [0, 0.1) is 0 Å². The molecule has 6 heteroatoms. The number of aryl methyl sites for hydroxylation is 2. The van der Waals surface area contributed by atoms with E-state index in [0.717, 1.165) is 24.6 Å². The van der Waals surface area contributed by atoms with Crippen molar-refractivity contribution < 1.29 is 23.5 Å². The average molecular weight is 407 g/mol. The standard InChI is InChI=1S/C24H25NO5/c1-15(2)28-13-20-19-8-3-4-9-21(19)30-23(20)24(27)29-14-22(26)25-18-11-10-16-6-5-7-17(16)12-18/h3-4,8-12,15H,5-7,13-14H2,1-2H3,(H,25,26). The Kier molecular flexibility index (Phi) is 5.86. The molecular weight excluding hydrogens is 382 g/mol. The zero-order valence-corrected chi connectivity index (χ0v) is 17.2. The molecule has 1 aromatic heterocycles. The number of rotatable bonds is 7. The first-order chi connectivity index (χ1) is 14.5. The lowest BCUT2D eigenvalue weighted by molar-refractivity contribution is -0.119. The van der Waals surface area contributed by atoms with Gasteiger partial charge in [0, 0.05) is 16.6 Å². The molecule has 0 bridgehead atoms. The van der Waals surface area contributed by atoms with E-state index in [1.807, 2.05) is 50.2 Å². The molecule has 0 saturated heterocycles. The Morgan fingerprint density at radius 1 is 1.10 bits per heavy atom. The summed E-state index contributed by atoms with van der Waals surface area (Å²) in [5, 5.41) is 3.59. The SMILES string of the molecule is CC(C)OCc1c(C(=O)OCC(=O)Nc2ccc3c(c2)CCC3)oc2ccccc12. The number of esters is 1. The van der Waals surface area contributed by atoms with Gasteiger partial charge in [0.15, 0.2) is 6.61 Å². The second-order valence-electron chi connectivity index (χ2n) is 7.73. The van der Waals surface area contributed by atoms with Crippen LogP contribution in [0.4, 0.5) is 5.69 Å². The number of fused-ring (bicyclic) bond motifs is 2. The summed E-state index contributed by atoms with van der Waals surface area (Å²) in [6, 6.07) is 13.3. The second kappa shape index (κ2) is 8.71. The van der Waals surface area contributed by atoms with Crippen LogP contribution in [-0.4, -0.2) is 24.6 Å². The van der Waals surface area contributed by atoms with Gasteiger partial charge >= 0.3 is 5.97 Å². The minimum atomic E-state index is -0.683. The summed E-state index contributed by atoms with van der Waals surface area (Å²) in [6.45, 7) is 3.67. The van der Waals surface area contributed by atoms with Gasteiger partial charge in [-0.05, 0) is 62.4 Å². The minimum Gasteiger partial charge on any atom is -0.450 e. The summed E-state index contributed by atoms with van der Waals surface area (Å²) < 4.78 is 16.6. The third-order valence-electron chi connectivity index (χ3n) is 5.16. The van der Waals surface area contributed by atoms with Crippen molar-refractivity contribution >= 4 is 28.5 Å². The van der Waals surface area contributed by atoms with Crippen molar-refractivity contribution in [2.24, 2.45) is 0 Å². The Bertz CT molecular complexity index is 1080. The fourth-order valence-electron chi connectivity index (χ4n) is 3.70. The zero-order valence-electron chi connectivity index (χ0n) is 17.2. The van der Waals surface area contributed by atoms with Crippen molar-refractivity contribution in [3.8, 4) is 0 Å². The van der Waals surface area contributed by atoms with E-state index in [1.54, 1.807) is 6.07 Å². The topological polar surface area (TPSA) is 77.8 Å². The van der Waals surface area contributed by atoms with E-state index in [-0.39, 0.29) is 18.5 Å². The third-order valence-corrected chi connectivity index (χ3v) is 5.16. The van der Waals surface area contributed by atoms with Crippen LogP contribution >= 0.6 is 0 Å². The molecule has 30 heavy (non-hydrogen) atoms. The van der Waals surface area contributed by atoms with Gasteiger partial charge in [0.1, 0.15) is 5.58 Å². The lowest BCUT2D eigenvalue weighted by atomic mass is 10.1. The van der Waals surface area contributed by atoms with Gasteiger partial charge in [-0.2, -0.15) is 0 Å². The van der Waals surface area contributed by atoms with E-state index < -0.39 is 18.5 Å². The normalized spacial score (nSPS) is 12.9. The van der Waals surface area contributed by atoms with Crippen molar-refractivity contribution in [1.82, 2.24) is 0 Å². The number of nitrogens with one attached hydrogen (secondary N) is 1. The van der Waals surface area contributed by atoms with Crippen LogP contribution < -0.4 is 5.32 Å². The predicted octanol–water partition coefficient (Wildman–Crippen LogP) is 4.64. The number of hydrogen-bond acceptors (Lipinski definition) is 5. The molecule has 1 heterocycles. The maximum absolute atomic E-state index is 12.6. The molecule has 156 valence electrons. The molecule has 4 rings (SSSR count). The van der Waals surface area contributed by atoms with Gasteiger partial charge in [-0.1, -0.05) is 24.3 Å². The highest BCUT2D eigenvalue weighted by molar-refractivity contribution is 5.98. The first kappa shape index (κ1) is 20.2. The maximum Gasteiger partial charge on any atom is 0.375 e. The Labute approximate surface area is 175 Å². The van der Waals surface area contributed by atoms with Crippen molar-refractivity contribution in [2.45, 2.75) is 45.8 Å². The summed E-state index contributed by atoms with van der Waals surface area (Å²) >= 11 is 0. The van der Waals surface area contributed by atoms with Gasteiger partial charge < -0.3 is 19.2 Å². The monoisotopic (exact) mass is 407 g/mol. The summed E-state index contributed by atoms with van der Waals surface area (Å²) in [5.41, 5.74) is 4.52. The number of ether oxygens (including phenoxy) is 2. The highest BCUT2D eigenvalue weighted by Crippen LogP contribution is 2.28. The summed E-state index contributed by atoms with van der Waals surface area (Å²) in [4.78, 5) is 24.9. The highest BCUT2D eigenvalue weighted by Gasteiger charge is 2.23. The highest BCUT2D eigenvalue weighted by atomic mass is 16.5. The van der Waals surface area contributed by atoms with E-state index in [0.29, 0.717) is 16.8 Å². The van der Waals surface area contributed by atoms with Gasteiger partial charge in [-0.25, -0.2) is 4.79 Å². The van der Waals surface area contributed by atoms with Crippen LogP contribution in [0.25, 0.3) is 11.0 Å². The van der Waals surface area contributed by atoms with Crippen LogP contribution in [0.3, 0.4) is 0 Å². The van der Waals surface area contributed by atoms with E-state index >= 15 is 0 Å². The number of carbonyl (C=O) groups excluding carboxylic acids is 2. The molecule has 3 aromatic rings. The van der Waals surface area contributed by atoms with Gasteiger partial charge in [-0.3, -0.25) is 4.79 Å². The van der Waals surface area contributed by atoms with Crippen molar-refractivity contribution in [3.63, 3.8) is 0 Å². The molecule has 1 amide bonds. The molecule has 0 fully saturated rings.